The molecular weight excluding hydrogens is 342 g/mol. The molecule has 6 heteroatoms. The van der Waals surface area contributed by atoms with Crippen molar-refractivity contribution < 1.29 is 13.3 Å². The summed E-state index contributed by atoms with van der Waals surface area (Å²) in [4.78, 5) is 7.34. The number of nitrogens with one attached hydrogen (secondary N) is 1. The molecule has 20 heavy (non-hydrogen) atoms. The molecule has 0 aromatic heterocycles. The Labute approximate surface area is 129 Å². The summed E-state index contributed by atoms with van der Waals surface area (Å²) in [6.07, 6.45) is 12.4. The smallest absolute Gasteiger partial charge is 0.241 e. The maximum atomic E-state index is 12.1. The fourth-order valence-electron chi connectivity index (χ4n) is 1.62. The van der Waals surface area contributed by atoms with Crippen molar-refractivity contribution in [3.63, 3.8) is 0 Å². The highest BCUT2D eigenvalue weighted by molar-refractivity contribution is 9.11. The number of sulfonamides is 1. The second kappa shape index (κ2) is 8.56. The van der Waals surface area contributed by atoms with Gasteiger partial charge in [0.15, 0.2) is 0 Å². The quantitative estimate of drug-likeness (QED) is 0.558. The van der Waals surface area contributed by atoms with E-state index in [9.17, 15) is 8.42 Å². The molecular formula is C14H20BrNO3S. The molecule has 1 unspecified atom stereocenters. The van der Waals surface area contributed by atoms with E-state index in [0.717, 1.165) is 12.0 Å². The molecule has 0 aliphatic heterocycles. The molecule has 1 rings (SSSR count). The summed E-state index contributed by atoms with van der Waals surface area (Å²) in [6.45, 7) is 4.16. The molecule has 0 saturated carbocycles. The lowest BCUT2D eigenvalue weighted by Gasteiger charge is -2.18. The predicted molar refractivity (Wildman–Crippen MR) is 85.8 cm³/mol. The van der Waals surface area contributed by atoms with Crippen molar-refractivity contribution in [3.8, 4) is 0 Å². The third-order valence-corrected chi connectivity index (χ3v) is 5.50. The first-order chi connectivity index (χ1) is 9.51. The van der Waals surface area contributed by atoms with Crippen molar-refractivity contribution in [3.05, 3.63) is 46.5 Å². The van der Waals surface area contributed by atoms with E-state index in [0.29, 0.717) is 10.9 Å². The molecule has 0 amide bonds. The normalized spacial score (nSPS) is 20.4. The Balaban J connectivity index is 2.56. The zero-order chi connectivity index (χ0) is 15.0. The first kappa shape index (κ1) is 17.4. The monoisotopic (exact) mass is 361 g/mol. The Morgan fingerprint density at radius 3 is 2.95 bits per heavy atom. The summed E-state index contributed by atoms with van der Waals surface area (Å²) in [7, 11) is -3.54. The van der Waals surface area contributed by atoms with Gasteiger partial charge in [0.05, 0.1) is 6.61 Å². The minimum atomic E-state index is -3.54. The van der Waals surface area contributed by atoms with E-state index < -0.39 is 15.3 Å². The molecule has 0 aromatic rings. The molecule has 0 fully saturated rings. The van der Waals surface area contributed by atoms with Crippen molar-refractivity contribution >= 4 is 26.0 Å². The fraction of sp³-hybridized carbons (Fsp3) is 0.429. The third kappa shape index (κ3) is 5.36. The summed E-state index contributed by atoms with van der Waals surface area (Å²) >= 11 is 3.27. The third-order valence-electron chi connectivity index (χ3n) is 2.83. The van der Waals surface area contributed by atoms with E-state index in [1.807, 2.05) is 44.2 Å². The van der Waals surface area contributed by atoms with Crippen LogP contribution in [0.2, 0.25) is 0 Å². The van der Waals surface area contributed by atoms with Crippen molar-refractivity contribution in [1.29, 1.82) is 0 Å². The standard InChI is InChI=1S/C14H20BrNO3S/c1-3-5-8-12(4-2)11-19-16-20(17,18)14-10-7-6-9-13(14)15/h3,5-9,14,16H,4,10-11H2,1-2H3/b5-3-,12-8+. The molecule has 1 aliphatic carbocycles. The Hall–Kier alpha value is -0.690. The van der Waals surface area contributed by atoms with Crippen LogP contribution in [-0.4, -0.2) is 20.3 Å². The van der Waals surface area contributed by atoms with Crippen LogP contribution in [-0.2, 0) is 14.9 Å². The van der Waals surface area contributed by atoms with Crippen molar-refractivity contribution in [2.45, 2.75) is 31.9 Å². The fourth-order valence-corrected chi connectivity index (χ4v) is 3.78. The summed E-state index contributed by atoms with van der Waals surface area (Å²) in [5.74, 6) is 0. The Morgan fingerprint density at radius 2 is 2.35 bits per heavy atom. The van der Waals surface area contributed by atoms with Crippen LogP contribution >= 0.6 is 15.9 Å². The Morgan fingerprint density at radius 1 is 1.60 bits per heavy atom. The van der Waals surface area contributed by atoms with Crippen LogP contribution in [0.15, 0.2) is 46.5 Å². The zero-order valence-electron chi connectivity index (χ0n) is 11.7. The lowest BCUT2D eigenvalue weighted by atomic mass is 10.2. The van der Waals surface area contributed by atoms with Gasteiger partial charge >= 0.3 is 0 Å². The van der Waals surface area contributed by atoms with E-state index in [1.165, 1.54) is 0 Å². The lowest BCUT2D eigenvalue weighted by Crippen LogP contribution is -2.35. The first-order valence-corrected chi connectivity index (χ1v) is 8.80. The van der Waals surface area contributed by atoms with Crippen LogP contribution in [0.4, 0.5) is 0 Å². The SMILES string of the molecule is C/C=C\C=C(/CC)CONS(=O)(=O)C1CC=CC=C1Br. The second-order valence-corrected chi connectivity index (χ2v) is 7.07. The molecule has 0 saturated heterocycles. The van der Waals surface area contributed by atoms with Crippen molar-refractivity contribution in [2.24, 2.45) is 0 Å². The molecule has 0 radical (unpaired) electrons. The molecule has 1 N–H and O–H groups in total. The van der Waals surface area contributed by atoms with Gasteiger partial charge in [-0.25, -0.2) is 8.42 Å². The van der Waals surface area contributed by atoms with E-state index in [2.05, 4.69) is 20.8 Å². The topological polar surface area (TPSA) is 55.4 Å². The summed E-state index contributed by atoms with van der Waals surface area (Å²) < 4.78 is 24.8. The van der Waals surface area contributed by atoms with Gasteiger partial charge in [0, 0.05) is 4.48 Å². The van der Waals surface area contributed by atoms with Crippen LogP contribution in [0.5, 0.6) is 0 Å². The zero-order valence-corrected chi connectivity index (χ0v) is 14.1. The van der Waals surface area contributed by atoms with Gasteiger partial charge < -0.3 is 0 Å². The minimum Gasteiger partial charge on any atom is -0.283 e. The molecule has 0 aromatic carbocycles. The van der Waals surface area contributed by atoms with Crippen LogP contribution in [0.1, 0.15) is 26.7 Å². The van der Waals surface area contributed by atoms with Crippen molar-refractivity contribution in [2.75, 3.05) is 6.61 Å². The van der Waals surface area contributed by atoms with E-state index in [1.54, 1.807) is 6.08 Å². The predicted octanol–water partition coefficient (Wildman–Crippen LogP) is 3.36. The average Bonchev–Trinajstić information content (AvgIpc) is 2.42. The molecule has 112 valence electrons. The molecule has 4 nitrogen and oxygen atoms in total. The summed E-state index contributed by atoms with van der Waals surface area (Å²) in [5.41, 5.74) is 1.02. The number of hydrogen-bond donors (Lipinski definition) is 1. The van der Waals surface area contributed by atoms with Crippen LogP contribution in [0.3, 0.4) is 0 Å². The van der Waals surface area contributed by atoms with Gasteiger partial charge in [-0.15, -0.1) is 0 Å². The molecule has 1 atom stereocenters. The second-order valence-electron chi connectivity index (χ2n) is 4.33. The van der Waals surface area contributed by atoms with Gasteiger partial charge in [0.2, 0.25) is 10.0 Å². The number of halogens is 1. The highest BCUT2D eigenvalue weighted by atomic mass is 79.9. The number of hydrogen-bond acceptors (Lipinski definition) is 3. The highest BCUT2D eigenvalue weighted by Crippen LogP contribution is 2.24. The van der Waals surface area contributed by atoms with Gasteiger partial charge in [0.1, 0.15) is 5.25 Å². The van der Waals surface area contributed by atoms with Gasteiger partial charge in [-0.2, -0.15) is 0 Å². The van der Waals surface area contributed by atoms with Crippen LogP contribution in [0, 0.1) is 0 Å². The molecule has 1 aliphatic rings. The van der Waals surface area contributed by atoms with Gasteiger partial charge in [-0.05, 0) is 25.3 Å². The first-order valence-electron chi connectivity index (χ1n) is 6.46. The van der Waals surface area contributed by atoms with E-state index in [-0.39, 0.29) is 6.61 Å². The van der Waals surface area contributed by atoms with E-state index in [4.69, 9.17) is 4.84 Å². The highest BCUT2D eigenvalue weighted by Gasteiger charge is 2.28. The maximum absolute atomic E-state index is 12.1. The number of rotatable bonds is 7. The molecule has 0 bridgehead atoms. The summed E-state index contributed by atoms with van der Waals surface area (Å²) in [5, 5.41) is -0.628. The van der Waals surface area contributed by atoms with E-state index >= 15 is 0 Å². The molecule has 0 spiro atoms. The Bertz CT molecular complexity index is 533. The van der Waals surface area contributed by atoms with Gasteiger partial charge in [0.25, 0.3) is 0 Å². The largest absolute Gasteiger partial charge is 0.283 e. The van der Waals surface area contributed by atoms with Crippen LogP contribution in [0.25, 0.3) is 0 Å². The molecule has 0 heterocycles. The minimum absolute atomic E-state index is 0.240. The van der Waals surface area contributed by atoms with Gasteiger partial charge in [-0.3, -0.25) is 4.84 Å². The van der Waals surface area contributed by atoms with Crippen molar-refractivity contribution in [1.82, 2.24) is 4.89 Å². The Kier molecular flexibility index (Phi) is 7.43. The number of allylic oxidation sites excluding steroid dienone is 6. The average molecular weight is 362 g/mol. The lowest BCUT2D eigenvalue weighted by molar-refractivity contribution is 0.111. The summed E-state index contributed by atoms with van der Waals surface area (Å²) in [6, 6.07) is 0. The van der Waals surface area contributed by atoms with Gasteiger partial charge in [-0.1, -0.05) is 64.2 Å². The van der Waals surface area contributed by atoms with Crippen LogP contribution < -0.4 is 4.89 Å². The maximum Gasteiger partial charge on any atom is 0.241 e.